The molecule has 0 amide bonds. The fourth-order valence-corrected chi connectivity index (χ4v) is 3.45. The van der Waals surface area contributed by atoms with Crippen LogP contribution in [0, 0.1) is 6.92 Å². The first kappa shape index (κ1) is 15.1. The minimum absolute atomic E-state index is 0.0409. The van der Waals surface area contributed by atoms with Crippen LogP contribution in [0.15, 0.2) is 29.4 Å². The van der Waals surface area contributed by atoms with Crippen LogP contribution in [0.4, 0.5) is 0 Å². The Morgan fingerprint density at radius 3 is 2.91 bits per heavy atom. The summed E-state index contributed by atoms with van der Waals surface area (Å²) in [4.78, 5) is 11.2. The second kappa shape index (κ2) is 6.50. The zero-order valence-corrected chi connectivity index (χ0v) is 13.2. The van der Waals surface area contributed by atoms with E-state index < -0.39 is 0 Å². The summed E-state index contributed by atoms with van der Waals surface area (Å²) in [5.41, 5.74) is 7.94. The lowest BCUT2D eigenvalue weighted by atomic mass is 10.2. The van der Waals surface area contributed by atoms with E-state index in [9.17, 15) is 4.79 Å². The molecular formula is C15H18N4O2S. The minimum atomic E-state index is -0.117. The van der Waals surface area contributed by atoms with E-state index in [4.69, 9.17) is 10.5 Å². The van der Waals surface area contributed by atoms with Gasteiger partial charge in [-0.2, -0.15) is 0 Å². The molecule has 22 heavy (non-hydrogen) atoms. The molecule has 0 spiro atoms. The molecule has 0 aliphatic carbocycles. The standard InChI is InChI=1S/C15H18N4O2S/c1-10-4-2-3-5-12(10)19-13(8-16)17-18-15(19)22-9-11-6-7-14(20)21-11/h2-5,11H,6-9,16H2,1H3/t11-/m1/s1. The van der Waals surface area contributed by atoms with Crippen molar-refractivity contribution in [3.8, 4) is 5.69 Å². The van der Waals surface area contributed by atoms with Crippen molar-refractivity contribution in [3.05, 3.63) is 35.7 Å². The zero-order chi connectivity index (χ0) is 15.5. The average molecular weight is 318 g/mol. The topological polar surface area (TPSA) is 83.0 Å². The van der Waals surface area contributed by atoms with Crippen LogP contribution in [-0.2, 0) is 16.1 Å². The molecule has 1 aliphatic rings. The van der Waals surface area contributed by atoms with E-state index in [-0.39, 0.29) is 12.1 Å². The maximum absolute atomic E-state index is 11.2. The predicted molar refractivity (Wildman–Crippen MR) is 83.8 cm³/mol. The van der Waals surface area contributed by atoms with Crippen LogP contribution in [0.2, 0.25) is 0 Å². The monoisotopic (exact) mass is 318 g/mol. The average Bonchev–Trinajstić information content (AvgIpc) is 3.11. The third kappa shape index (κ3) is 3.00. The Hall–Kier alpha value is -1.86. The van der Waals surface area contributed by atoms with Crippen molar-refractivity contribution >= 4 is 17.7 Å². The van der Waals surface area contributed by atoms with Crippen LogP contribution in [-0.4, -0.2) is 32.6 Å². The Balaban J connectivity index is 1.84. The van der Waals surface area contributed by atoms with Gasteiger partial charge in [-0.3, -0.25) is 9.36 Å². The Labute approximate surface area is 133 Å². The lowest BCUT2D eigenvalue weighted by molar-refractivity contribution is -0.140. The number of nitrogens with two attached hydrogens (primary N) is 1. The molecule has 116 valence electrons. The molecule has 1 atom stereocenters. The molecule has 1 fully saturated rings. The van der Waals surface area contributed by atoms with Gasteiger partial charge >= 0.3 is 5.97 Å². The molecular weight excluding hydrogens is 300 g/mol. The Morgan fingerprint density at radius 2 is 2.23 bits per heavy atom. The van der Waals surface area contributed by atoms with Gasteiger partial charge in [0.15, 0.2) is 11.0 Å². The van der Waals surface area contributed by atoms with E-state index in [0.29, 0.717) is 18.7 Å². The van der Waals surface area contributed by atoms with Crippen molar-refractivity contribution < 1.29 is 9.53 Å². The van der Waals surface area contributed by atoms with E-state index in [2.05, 4.69) is 10.2 Å². The van der Waals surface area contributed by atoms with Crippen LogP contribution in [0.5, 0.6) is 0 Å². The highest BCUT2D eigenvalue weighted by Crippen LogP contribution is 2.27. The highest BCUT2D eigenvalue weighted by molar-refractivity contribution is 7.99. The molecule has 0 radical (unpaired) electrons. The van der Waals surface area contributed by atoms with Crippen molar-refractivity contribution in [2.24, 2.45) is 5.73 Å². The number of aromatic nitrogens is 3. The van der Waals surface area contributed by atoms with Crippen molar-refractivity contribution in [1.82, 2.24) is 14.8 Å². The zero-order valence-electron chi connectivity index (χ0n) is 12.4. The molecule has 1 aliphatic heterocycles. The number of para-hydroxylation sites is 1. The number of hydrogen-bond donors (Lipinski definition) is 1. The number of cyclic esters (lactones) is 1. The summed E-state index contributed by atoms with van der Waals surface area (Å²) in [6.45, 7) is 2.36. The van der Waals surface area contributed by atoms with Crippen molar-refractivity contribution in [1.29, 1.82) is 0 Å². The SMILES string of the molecule is Cc1ccccc1-n1c(CN)nnc1SC[C@H]1CCC(=O)O1. The fourth-order valence-electron chi connectivity index (χ4n) is 2.45. The highest BCUT2D eigenvalue weighted by Gasteiger charge is 2.24. The summed E-state index contributed by atoms with van der Waals surface area (Å²) in [5.74, 6) is 1.29. The van der Waals surface area contributed by atoms with Crippen LogP contribution >= 0.6 is 11.8 Å². The van der Waals surface area contributed by atoms with Crippen molar-refractivity contribution in [2.45, 2.75) is 37.6 Å². The van der Waals surface area contributed by atoms with Crippen LogP contribution in [0.25, 0.3) is 5.69 Å². The van der Waals surface area contributed by atoms with E-state index in [1.165, 1.54) is 0 Å². The van der Waals surface area contributed by atoms with E-state index >= 15 is 0 Å². The molecule has 1 saturated heterocycles. The Morgan fingerprint density at radius 1 is 1.41 bits per heavy atom. The second-order valence-corrected chi connectivity index (χ2v) is 6.17. The van der Waals surface area contributed by atoms with Gasteiger partial charge in [0.05, 0.1) is 12.2 Å². The number of benzene rings is 1. The van der Waals surface area contributed by atoms with Crippen LogP contribution in [0.3, 0.4) is 0 Å². The molecule has 0 unspecified atom stereocenters. The molecule has 2 N–H and O–H groups in total. The number of rotatable bonds is 5. The number of carbonyl (C=O) groups is 1. The maximum atomic E-state index is 11.2. The lowest BCUT2D eigenvalue weighted by Crippen LogP contribution is -2.12. The summed E-state index contributed by atoms with van der Waals surface area (Å²) < 4.78 is 7.23. The van der Waals surface area contributed by atoms with Gasteiger partial charge in [0, 0.05) is 12.2 Å². The summed E-state index contributed by atoms with van der Waals surface area (Å²) >= 11 is 1.54. The molecule has 0 bridgehead atoms. The predicted octanol–water partition coefficient (Wildman–Crippen LogP) is 1.83. The fraction of sp³-hybridized carbons (Fsp3) is 0.400. The number of carbonyl (C=O) groups excluding carboxylic acids is 1. The van der Waals surface area contributed by atoms with Crippen molar-refractivity contribution in [2.75, 3.05) is 5.75 Å². The van der Waals surface area contributed by atoms with Gasteiger partial charge in [-0.25, -0.2) is 0 Å². The summed E-state index contributed by atoms with van der Waals surface area (Å²) in [6, 6.07) is 8.05. The second-order valence-electron chi connectivity index (χ2n) is 5.19. The van der Waals surface area contributed by atoms with Gasteiger partial charge in [0.1, 0.15) is 6.10 Å². The molecule has 6 nitrogen and oxygen atoms in total. The first-order valence-corrected chi connectivity index (χ1v) is 8.20. The van der Waals surface area contributed by atoms with Gasteiger partial charge in [-0.15, -0.1) is 10.2 Å². The maximum Gasteiger partial charge on any atom is 0.306 e. The van der Waals surface area contributed by atoms with Crippen LogP contribution < -0.4 is 5.73 Å². The summed E-state index contributed by atoms with van der Waals surface area (Å²) in [5, 5.41) is 9.19. The number of thioether (sulfide) groups is 1. The van der Waals surface area contributed by atoms with Crippen LogP contribution in [0.1, 0.15) is 24.2 Å². The van der Waals surface area contributed by atoms with Crippen molar-refractivity contribution in [3.63, 3.8) is 0 Å². The number of ether oxygens (including phenoxy) is 1. The van der Waals surface area contributed by atoms with E-state index in [1.807, 2.05) is 35.8 Å². The van der Waals surface area contributed by atoms with Gasteiger partial charge in [-0.1, -0.05) is 30.0 Å². The summed E-state index contributed by atoms with van der Waals surface area (Å²) in [6.07, 6.45) is 1.23. The molecule has 0 saturated carbocycles. The first-order valence-electron chi connectivity index (χ1n) is 7.21. The normalized spacial score (nSPS) is 17.7. The quantitative estimate of drug-likeness (QED) is 0.669. The van der Waals surface area contributed by atoms with Gasteiger partial charge < -0.3 is 10.5 Å². The molecule has 2 heterocycles. The highest BCUT2D eigenvalue weighted by atomic mass is 32.2. The van der Waals surface area contributed by atoms with Gasteiger partial charge in [0.25, 0.3) is 0 Å². The third-order valence-corrected chi connectivity index (χ3v) is 4.67. The molecule has 1 aromatic carbocycles. The third-order valence-electron chi connectivity index (χ3n) is 3.61. The van der Waals surface area contributed by atoms with Gasteiger partial charge in [-0.05, 0) is 25.0 Å². The number of esters is 1. The minimum Gasteiger partial charge on any atom is -0.461 e. The molecule has 1 aromatic heterocycles. The van der Waals surface area contributed by atoms with E-state index in [0.717, 1.165) is 28.7 Å². The van der Waals surface area contributed by atoms with E-state index in [1.54, 1.807) is 11.8 Å². The number of aryl methyl sites for hydroxylation is 1. The molecule has 2 aromatic rings. The number of hydrogen-bond acceptors (Lipinski definition) is 6. The van der Waals surface area contributed by atoms with Gasteiger partial charge in [0.2, 0.25) is 0 Å². The Kier molecular flexibility index (Phi) is 4.44. The first-order chi connectivity index (χ1) is 10.7. The summed E-state index contributed by atoms with van der Waals surface area (Å²) in [7, 11) is 0. The largest absolute Gasteiger partial charge is 0.461 e. The number of nitrogens with zero attached hydrogens (tertiary/aromatic N) is 3. The lowest BCUT2D eigenvalue weighted by Gasteiger charge is -2.13. The Bertz CT molecular complexity index is 686. The smallest absolute Gasteiger partial charge is 0.306 e. The molecule has 3 rings (SSSR count). The molecule has 7 heteroatoms.